The molecule has 5 rings (SSSR count). The normalized spacial score (nSPS) is 16.1. The molecule has 0 aliphatic carbocycles. The van der Waals surface area contributed by atoms with E-state index in [9.17, 15) is 9.90 Å². The Kier molecular flexibility index (Phi) is 4.15. The molecule has 0 saturated heterocycles. The molecular formula is C22H20N4O2S. The molecule has 0 radical (unpaired) electrons. The number of H-pyrrole nitrogens is 2. The molecule has 0 spiro atoms. The van der Waals surface area contributed by atoms with E-state index in [4.69, 9.17) is 12.2 Å². The van der Waals surface area contributed by atoms with Gasteiger partial charge in [0.15, 0.2) is 4.77 Å². The summed E-state index contributed by atoms with van der Waals surface area (Å²) in [6.07, 6.45) is 0.853. The molecule has 3 heterocycles. The first kappa shape index (κ1) is 17.9. The minimum Gasteiger partial charge on any atom is -0.494 e. The number of hydrogen-bond donors (Lipinski definition) is 4. The van der Waals surface area contributed by atoms with Gasteiger partial charge in [-0.2, -0.15) is 0 Å². The average molecular weight is 404 g/mol. The van der Waals surface area contributed by atoms with Crippen molar-refractivity contribution < 1.29 is 5.11 Å². The summed E-state index contributed by atoms with van der Waals surface area (Å²) in [4.78, 5) is 19.1. The van der Waals surface area contributed by atoms with Crippen LogP contribution in [0.3, 0.4) is 0 Å². The number of aromatic amines is 2. The average Bonchev–Trinajstić information content (AvgIpc) is 3.09. The number of rotatable bonds is 2. The van der Waals surface area contributed by atoms with E-state index in [2.05, 4.69) is 21.4 Å². The number of nitrogens with zero attached hydrogens (tertiary/aromatic N) is 1. The fourth-order valence-corrected chi connectivity index (χ4v) is 4.54. The fraction of sp³-hybridized carbons (Fsp3) is 0.182. The van der Waals surface area contributed by atoms with E-state index >= 15 is 0 Å². The zero-order valence-electron chi connectivity index (χ0n) is 15.8. The number of benzene rings is 2. The monoisotopic (exact) mass is 404 g/mol. The van der Waals surface area contributed by atoms with Crippen molar-refractivity contribution in [3.8, 4) is 11.6 Å². The van der Waals surface area contributed by atoms with Crippen LogP contribution in [0.4, 0.5) is 0 Å². The van der Waals surface area contributed by atoms with Crippen LogP contribution in [-0.2, 0) is 6.42 Å². The molecule has 0 bridgehead atoms. The van der Waals surface area contributed by atoms with Crippen LogP contribution in [0.5, 0.6) is 5.88 Å². The molecule has 1 atom stereocenters. The highest BCUT2D eigenvalue weighted by atomic mass is 32.1. The minimum absolute atomic E-state index is 0.142. The van der Waals surface area contributed by atoms with Crippen molar-refractivity contribution in [1.29, 1.82) is 0 Å². The molecule has 0 saturated carbocycles. The van der Waals surface area contributed by atoms with Gasteiger partial charge >= 0.3 is 0 Å². The van der Waals surface area contributed by atoms with Crippen LogP contribution < -0.4 is 10.9 Å². The third-order valence-corrected chi connectivity index (χ3v) is 5.91. The number of hydrogen-bond acceptors (Lipinski definition) is 4. The predicted octanol–water partition coefficient (Wildman–Crippen LogP) is 3.63. The van der Waals surface area contributed by atoms with Crippen LogP contribution in [0.2, 0.25) is 0 Å². The minimum atomic E-state index is -0.458. The van der Waals surface area contributed by atoms with Gasteiger partial charge in [-0.25, -0.2) is 0 Å². The van der Waals surface area contributed by atoms with Gasteiger partial charge in [0.05, 0.1) is 11.7 Å². The summed E-state index contributed by atoms with van der Waals surface area (Å²) in [5.74, 6) is -0.142. The van der Waals surface area contributed by atoms with Crippen LogP contribution in [0.15, 0.2) is 53.3 Å². The molecule has 4 aromatic rings. The molecule has 1 aliphatic heterocycles. The summed E-state index contributed by atoms with van der Waals surface area (Å²) < 4.78 is 1.69. The van der Waals surface area contributed by atoms with Gasteiger partial charge < -0.3 is 15.4 Å². The highest BCUT2D eigenvalue weighted by Gasteiger charge is 2.31. The second-order valence-corrected chi connectivity index (χ2v) is 7.71. The van der Waals surface area contributed by atoms with Crippen molar-refractivity contribution in [3.63, 3.8) is 0 Å². The highest BCUT2D eigenvalue weighted by molar-refractivity contribution is 7.71. The van der Waals surface area contributed by atoms with Gasteiger partial charge in [0.25, 0.3) is 5.56 Å². The second kappa shape index (κ2) is 6.72. The van der Waals surface area contributed by atoms with Crippen LogP contribution in [0.25, 0.3) is 16.6 Å². The molecule has 6 nitrogen and oxygen atoms in total. The van der Waals surface area contributed by atoms with E-state index < -0.39 is 6.04 Å². The number of aromatic nitrogens is 3. The number of aromatic hydroxyl groups is 1. The molecule has 4 N–H and O–H groups in total. The topological polar surface area (TPSA) is 85.8 Å². The predicted molar refractivity (Wildman–Crippen MR) is 115 cm³/mol. The summed E-state index contributed by atoms with van der Waals surface area (Å²) in [5.41, 5.74) is 4.66. The van der Waals surface area contributed by atoms with Crippen molar-refractivity contribution in [1.82, 2.24) is 19.9 Å². The summed E-state index contributed by atoms with van der Waals surface area (Å²) in [5, 5.41) is 15.7. The Morgan fingerprint density at radius 1 is 1.10 bits per heavy atom. The molecule has 2 aromatic heterocycles. The maximum absolute atomic E-state index is 12.9. The Bertz CT molecular complexity index is 1370. The van der Waals surface area contributed by atoms with E-state index in [1.165, 1.54) is 10.1 Å². The third-order valence-electron chi connectivity index (χ3n) is 5.62. The Labute approximate surface area is 171 Å². The van der Waals surface area contributed by atoms with Gasteiger partial charge in [-0.1, -0.05) is 36.4 Å². The van der Waals surface area contributed by atoms with Gasteiger partial charge in [0.1, 0.15) is 5.56 Å². The lowest BCUT2D eigenvalue weighted by Gasteiger charge is -2.26. The quantitative estimate of drug-likeness (QED) is 0.385. The molecule has 1 unspecified atom stereocenters. The maximum atomic E-state index is 12.9. The summed E-state index contributed by atoms with van der Waals surface area (Å²) in [7, 11) is 0. The summed E-state index contributed by atoms with van der Waals surface area (Å²) in [6, 6.07) is 15.2. The molecule has 29 heavy (non-hydrogen) atoms. The summed E-state index contributed by atoms with van der Waals surface area (Å²) >= 11 is 5.38. The Morgan fingerprint density at radius 3 is 2.69 bits per heavy atom. The second-order valence-electron chi connectivity index (χ2n) is 7.32. The number of aryl methyl sites for hydroxylation is 1. The van der Waals surface area contributed by atoms with E-state index in [1.807, 2.05) is 49.4 Å². The lowest BCUT2D eigenvalue weighted by atomic mass is 9.95. The van der Waals surface area contributed by atoms with Crippen molar-refractivity contribution in [2.75, 3.05) is 6.54 Å². The van der Waals surface area contributed by atoms with Crippen molar-refractivity contribution in [2.24, 2.45) is 0 Å². The SMILES string of the molecule is Cc1ccccc1-n1c(O)c(C2NCCc3c2[nH]c2ccccc32)c(=O)[nH]c1=S. The Balaban J connectivity index is 1.77. The van der Waals surface area contributed by atoms with E-state index in [0.29, 0.717) is 6.54 Å². The molecule has 2 aromatic carbocycles. The van der Waals surface area contributed by atoms with Gasteiger partial charge in [-0.15, -0.1) is 0 Å². The molecule has 1 aliphatic rings. The molecule has 0 fully saturated rings. The van der Waals surface area contributed by atoms with Gasteiger partial charge in [0, 0.05) is 23.1 Å². The smallest absolute Gasteiger partial charge is 0.260 e. The third kappa shape index (κ3) is 2.73. The van der Waals surface area contributed by atoms with Gasteiger partial charge in [-0.3, -0.25) is 14.3 Å². The molecule has 7 heteroatoms. The fourth-order valence-electron chi connectivity index (χ4n) is 4.26. The molecular weight excluding hydrogens is 384 g/mol. The zero-order valence-corrected chi connectivity index (χ0v) is 16.6. The van der Waals surface area contributed by atoms with Crippen molar-refractivity contribution in [3.05, 3.63) is 86.0 Å². The first-order valence-electron chi connectivity index (χ1n) is 9.53. The van der Waals surface area contributed by atoms with Crippen LogP contribution in [0, 0.1) is 11.7 Å². The number of nitrogens with one attached hydrogen (secondary N) is 3. The number of fused-ring (bicyclic) bond motifs is 3. The Morgan fingerprint density at radius 2 is 1.86 bits per heavy atom. The largest absolute Gasteiger partial charge is 0.494 e. The van der Waals surface area contributed by atoms with E-state index in [1.54, 1.807) is 0 Å². The molecule has 0 amide bonds. The van der Waals surface area contributed by atoms with Crippen LogP contribution in [-0.4, -0.2) is 26.2 Å². The first-order chi connectivity index (χ1) is 14.1. The lowest BCUT2D eigenvalue weighted by Crippen LogP contribution is -2.35. The summed E-state index contributed by atoms with van der Waals surface area (Å²) in [6.45, 7) is 2.65. The Hall–Kier alpha value is -3.16. The van der Waals surface area contributed by atoms with Gasteiger partial charge in [-0.05, 0) is 48.8 Å². The van der Waals surface area contributed by atoms with Crippen LogP contribution in [0.1, 0.15) is 28.4 Å². The standard InChI is InChI=1S/C22H20N4O2S/c1-12-6-2-5-9-16(12)26-21(28)17(20(27)25-22(26)29)19-18-14(10-11-23-19)13-7-3-4-8-15(13)24-18/h2-9,19,23-24,28H,10-11H2,1H3,(H,25,27,29). The zero-order chi connectivity index (χ0) is 20.1. The van der Waals surface area contributed by atoms with Crippen molar-refractivity contribution in [2.45, 2.75) is 19.4 Å². The van der Waals surface area contributed by atoms with Gasteiger partial charge in [0.2, 0.25) is 5.88 Å². The number of para-hydroxylation sites is 2. The van der Waals surface area contributed by atoms with E-state index in [0.717, 1.165) is 34.3 Å². The lowest BCUT2D eigenvalue weighted by molar-refractivity contribution is 0.412. The molecule has 146 valence electrons. The van der Waals surface area contributed by atoms with Crippen LogP contribution >= 0.6 is 12.2 Å². The van der Waals surface area contributed by atoms with Crippen molar-refractivity contribution >= 4 is 23.1 Å². The van der Waals surface area contributed by atoms with E-state index in [-0.39, 0.29) is 21.8 Å². The first-order valence-corrected chi connectivity index (χ1v) is 9.94. The maximum Gasteiger partial charge on any atom is 0.260 e. The highest BCUT2D eigenvalue weighted by Crippen LogP contribution is 2.35.